The summed E-state index contributed by atoms with van der Waals surface area (Å²) in [6.07, 6.45) is -0.164. The number of anilines is 1. The molecular weight excluding hydrogens is 364 g/mol. The molecule has 0 spiro atoms. The van der Waals surface area contributed by atoms with Gasteiger partial charge in [-0.25, -0.2) is 4.79 Å². The van der Waals surface area contributed by atoms with Crippen LogP contribution in [-0.2, 0) is 16.0 Å². The SMILES string of the molecule is CC(C)(C)OC(=O)Nc1ccc(C2=NCC(=O)Cc3ccc(Cl)cc32)cc1. The number of fused-ring (bicyclic) bond motifs is 1. The summed E-state index contributed by atoms with van der Waals surface area (Å²) in [5.74, 6) is 0.0665. The van der Waals surface area contributed by atoms with Crippen molar-refractivity contribution in [3.05, 3.63) is 64.2 Å². The van der Waals surface area contributed by atoms with Crippen LogP contribution in [0.25, 0.3) is 0 Å². The third-order valence-electron chi connectivity index (χ3n) is 3.93. The zero-order valence-electron chi connectivity index (χ0n) is 15.5. The van der Waals surface area contributed by atoms with Crippen molar-refractivity contribution in [1.82, 2.24) is 0 Å². The Morgan fingerprint density at radius 2 is 1.85 bits per heavy atom. The van der Waals surface area contributed by atoms with Gasteiger partial charge in [0, 0.05) is 28.3 Å². The minimum Gasteiger partial charge on any atom is -0.444 e. The van der Waals surface area contributed by atoms with Crippen LogP contribution in [0.1, 0.15) is 37.5 Å². The predicted molar refractivity (Wildman–Crippen MR) is 107 cm³/mol. The molecule has 1 heterocycles. The number of benzene rings is 2. The molecule has 27 heavy (non-hydrogen) atoms. The second-order valence-corrected chi connectivity index (χ2v) is 7.82. The fourth-order valence-electron chi connectivity index (χ4n) is 2.82. The van der Waals surface area contributed by atoms with Crippen molar-refractivity contribution in [3.63, 3.8) is 0 Å². The summed E-state index contributed by atoms with van der Waals surface area (Å²) < 4.78 is 5.25. The lowest BCUT2D eigenvalue weighted by atomic mass is 9.96. The normalized spacial score (nSPS) is 14.1. The zero-order chi connectivity index (χ0) is 19.6. The lowest BCUT2D eigenvalue weighted by molar-refractivity contribution is -0.117. The summed E-state index contributed by atoms with van der Waals surface area (Å²) in [5.41, 5.74) is 3.40. The first kappa shape index (κ1) is 19.1. The van der Waals surface area contributed by atoms with E-state index in [-0.39, 0.29) is 12.3 Å². The highest BCUT2D eigenvalue weighted by Crippen LogP contribution is 2.24. The second kappa shape index (κ2) is 7.53. The van der Waals surface area contributed by atoms with Gasteiger partial charge in [-0.05, 0) is 50.6 Å². The van der Waals surface area contributed by atoms with Crippen molar-refractivity contribution >= 4 is 34.9 Å². The molecule has 0 unspecified atom stereocenters. The number of rotatable bonds is 2. The summed E-state index contributed by atoms with van der Waals surface area (Å²) in [5, 5.41) is 3.30. The van der Waals surface area contributed by atoms with Gasteiger partial charge < -0.3 is 4.74 Å². The van der Waals surface area contributed by atoms with Crippen LogP contribution in [0.2, 0.25) is 5.02 Å². The molecule has 140 valence electrons. The molecule has 0 fully saturated rings. The molecule has 3 rings (SSSR count). The van der Waals surface area contributed by atoms with Gasteiger partial charge in [0.2, 0.25) is 0 Å². The third kappa shape index (κ3) is 4.95. The van der Waals surface area contributed by atoms with Crippen LogP contribution in [0.5, 0.6) is 0 Å². The number of hydrogen-bond donors (Lipinski definition) is 1. The minimum atomic E-state index is -0.561. The number of nitrogens with one attached hydrogen (secondary N) is 1. The van der Waals surface area contributed by atoms with Gasteiger partial charge in [0.1, 0.15) is 5.60 Å². The average Bonchev–Trinajstić information content (AvgIpc) is 2.72. The highest BCUT2D eigenvalue weighted by Gasteiger charge is 2.19. The molecule has 0 atom stereocenters. The number of ketones is 1. The van der Waals surface area contributed by atoms with Gasteiger partial charge in [-0.15, -0.1) is 0 Å². The largest absolute Gasteiger partial charge is 0.444 e. The molecule has 1 N–H and O–H groups in total. The predicted octanol–water partition coefficient (Wildman–Crippen LogP) is 4.65. The van der Waals surface area contributed by atoms with E-state index in [0.717, 1.165) is 22.4 Å². The molecule has 0 bridgehead atoms. The Bertz CT molecular complexity index is 912. The van der Waals surface area contributed by atoms with Gasteiger partial charge in [-0.2, -0.15) is 0 Å². The van der Waals surface area contributed by atoms with Crippen molar-refractivity contribution in [3.8, 4) is 0 Å². The summed E-state index contributed by atoms with van der Waals surface area (Å²) >= 11 is 6.15. The minimum absolute atomic E-state index is 0.0665. The summed E-state index contributed by atoms with van der Waals surface area (Å²) in [6.45, 7) is 5.57. The fraction of sp³-hybridized carbons (Fsp3) is 0.286. The molecule has 2 aromatic carbocycles. The summed E-state index contributed by atoms with van der Waals surface area (Å²) in [4.78, 5) is 28.4. The Hall–Kier alpha value is -2.66. The number of ether oxygens (including phenoxy) is 1. The van der Waals surface area contributed by atoms with Crippen LogP contribution < -0.4 is 5.32 Å². The number of halogens is 1. The Morgan fingerprint density at radius 3 is 2.52 bits per heavy atom. The molecule has 1 aliphatic heterocycles. The molecule has 6 heteroatoms. The monoisotopic (exact) mass is 384 g/mol. The van der Waals surface area contributed by atoms with E-state index < -0.39 is 11.7 Å². The van der Waals surface area contributed by atoms with Crippen LogP contribution >= 0.6 is 11.6 Å². The van der Waals surface area contributed by atoms with Crippen molar-refractivity contribution in [2.75, 3.05) is 11.9 Å². The summed E-state index contributed by atoms with van der Waals surface area (Å²) in [6, 6.07) is 12.7. The maximum absolute atomic E-state index is 12.0. The topological polar surface area (TPSA) is 67.8 Å². The molecule has 0 aromatic heterocycles. The number of Topliss-reactive ketones (excluding diaryl/α,β-unsaturated/α-hetero) is 1. The van der Waals surface area contributed by atoms with E-state index in [1.165, 1.54) is 0 Å². The smallest absolute Gasteiger partial charge is 0.412 e. The van der Waals surface area contributed by atoms with Gasteiger partial charge in [0.05, 0.1) is 12.3 Å². The van der Waals surface area contributed by atoms with Crippen molar-refractivity contribution in [1.29, 1.82) is 0 Å². The number of carbonyl (C=O) groups is 2. The standard InChI is InChI=1S/C21H21ClN2O3/c1-21(2,3)27-20(26)24-16-8-5-13(6-9-16)19-18-11-15(22)7-4-14(18)10-17(25)12-23-19/h4-9,11H,10,12H2,1-3H3,(H,24,26). The second-order valence-electron chi connectivity index (χ2n) is 7.39. The fourth-order valence-corrected chi connectivity index (χ4v) is 3.00. The molecule has 0 aliphatic carbocycles. The zero-order valence-corrected chi connectivity index (χ0v) is 16.3. The van der Waals surface area contributed by atoms with Gasteiger partial charge in [-0.1, -0.05) is 29.8 Å². The van der Waals surface area contributed by atoms with Crippen LogP contribution in [0.3, 0.4) is 0 Å². The van der Waals surface area contributed by atoms with E-state index in [4.69, 9.17) is 16.3 Å². The molecule has 1 amide bonds. The van der Waals surface area contributed by atoms with E-state index in [1.54, 1.807) is 18.2 Å². The van der Waals surface area contributed by atoms with Crippen LogP contribution in [0, 0.1) is 0 Å². The van der Waals surface area contributed by atoms with Crippen LogP contribution in [-0.4, -0.2) is 29.7 Å². The quantitative estimate of drug-likeness (QED) is 0.819. The van der Waals surface area contributed by atoms with Gasteiger partial charge >= 0.3 is 6.09 Å². The Labute approximate surface area is 163 Å². The maximum Gasteiger partial charge on any atom is 0.412 e. The summed E-state index contributed by atoms with van der Waals surface area (Å²) in [7, 11) is 0. The van der Waals surface area contributed by atoms with Crippen LogP contribution in [0.4, 0.5) is 10.5 Å². The molecule has 0 radical (unpaired) electrons. The molecule has 5 nitrogen and oxygen atoms in total. The van der Waals surface area contributed by atoms with Crippen molar-refractivity contribution in [2.45, 2.75) is 32.8 Å². The van der Waals surface area contributed by atoms with E-state index in [2.05, 4.69) is 10.3 Å². The van der Waals surface area contributed by atoms with Crippen molar-refractivity contribution < 1.29 is 14.3 Å². The van der Waals surface area contributed by atoms with E-state index in [9.17, 15) is 9.59 Å². The Kier molecular flexibility index (Phi) is 5.33. The number of nitrogens with zero attached hydrogens (tertiary/aromatic N) is 1. The number of amides is 1. The molecule has 0 saturated heterocycles. The lowest BCUT2D eigenvalue weighted by Gasteiger charge is -2.19. The van der Waals surface area contributed by atoms with Crippen molar-refractivity contribution in [2.24, 2.45) is 4.99 Å². The first-order valence-electron chi connectivity index (χ1n) is 8.67. The highest BCUT2D eigenvalue weighted by molar-refractivity contribution is 6.31. The van der Waals surface area contributed by atoms with E-state index >= 15 is 0 Å². The number of hydrogen-bond acceptors (Lipinski definition) is 4. The molecule has 2 aromatic rings. The first-order valence-corrected chi connectivity index (χ1v) is 9.04. The van der Waals surface area contributed by atoms with Gasteiger partial charge in [0.15, 0.2) is 5.78 Å². The molecule has 0 saturated carbocycles. The lowest BCUT2D eigenvalue weighted by Crippen LogP contribution is -2.27. The van der Waals surface area contributed by atoms with Crippen LogP contribution in [0.15, 0.2) is 47.5 Å². The maximum atomic E-state index is 12.0. The van der Waals surface area contributed by atoms with Gasteiger partial charge in [0.25, 0.3) is 0 Å². The van der Waals surface area contributed by atoms with E-state index in [0.29, 0.717) is 17.1 Å². The van der Waals surface area contributed by atoms with E-state index in [1.807, 2.05) is 45.0 Å². The molecule has 1 aliphatic rings. The average molecular weight is 385 g/mol. The first-order chi connectivity index (χ1) is 12.7. The third-order valence-corrected chi connectivity index (χ3v) is 4.17. The number of carbonyl (C=O) groups excluding carboxylic acids is 2. The number of aliphatic imine (C=N–C) groups is 1. The Morgan fingerprint density at radius 1 is 1.15 bits per heavy atom. The molecular formula is C21H21ClN2O3. The highest BCUT2D eigenvalue weighted by atomic mass is 35.5. The van der Waals surface area contributed by atoms with Gasteiger partial charge in [-0.3, -0.25) is 15.1 Å². The Balaban J connectivity index is 1.86.